The molecule has 0 bridgehead atoms. The van der Waals surface area contributed by atoms with Crippen LogP contribution in [0.4, 0.5) is 0 Å². The van der Waals surface area contributed by atoms with E-state index in [1.54, 1.807) is 0 Å². The third-order valence-corrected chi connectivity index (χ3v) is 3.78. The molecule has 1 heterocycles. The maximum Gasteiger partial charge on any atom is 0.0702 e. The van der Waals surface area contributed by atoms with Gasteiger partial charge in [-0.3, -0.25) is 4.98 Å². The van der Waals surface area contributed by atoms with Crippen molar-refractivity contribution in [3.05, 3.63) is 54.7 Å². The number of hydrogen-bond donors (Lipinski definition) is 1. The Hall–Kier alpha value is -1.67. The van der Waals surface area contributed by atoms with Crippen molar-refractivity contribution in [2.24, 2.45) is 0 Å². The zero-order valence-corrected chi connectivity index (χ0v) is 12.3. The summed E-state index contributed by atoms with van der Waals surface area (Å²) in [6.45, 7) is 3.77. The fraction of sp³-hybridized carbons (Fsp3) is 0.389. The molecule has 0 aliphatic rings. The van der Waals surface area contributed by atoms with Crippen LogP contribution in [0, 0.1) is 0 Å². The molecule has 0 aliphatic carbocycles. The Kier molecular flexibility index (Phi) is 5.75. The second-order valence-corrected chi connectivity index (χ2v) is 5.22. The fourth-order valence-electron chi connectivity index (χ4n) is 2.60. The highest BCUT2D eigenvalue weighted by Crippen LogP contribution is 2.23. The average molecular weight is 268 g/mol. The van der Waals surface area contributed by atoms with Crippen LogP contribution in [0.15, 0.2) is 49.2 Å². The van der Waals surface area contributed by atoms with Gasteiger partial charge in [0.05, 0.1) is 5.52 Å². The summed E-state index contributed by atoms with van der Waals surface area (Å²) in [5.41, 5.74) is 2.42. The number of unbranched alkanes of at least 4 members (excludes halogenated alkanes) is 3. The SMILES string of the molecule is C=CCCCCCC(NC)c1ccc2ncccc2c1. The number of benzene rings is 1. The largest absolute Gasteiger partial charge is 0.313 e. The molecule has 2 nitrogen and oxygen atoms in total. The lowest BCUT2D eigenvalue weighted by Gasteiger charge is -2.17. The summed E-state index contributed by atoms with van der Waals surface area (Å²) < 4.78 is 0. The molecule has 0 saturated heterocycles. The van der Waals surface area contributed by atoms with Crippen molar-refractivity contribution in [1.82, 2.24) is 10.3 Å². The van der Waals surface area contributed by atoms with E-state index >= 15 is 0 Å². The zero-order valence-electron chi connectivity index (χ0n) is 12.3. The van der Waals surface area contributed by atoms with Crippen LogP contribution in [-0.2, 0) is 0 Å². The van der Waals surface area contributed by atoms with Gasteiger partial charge in [-0.25, -0.2) is 0 Å². The highest BCUT2D eigenvalue weighted by Gasteiger charge is 2.09. The summed E-state index contributed by atoms with van der Waals surface area (Å²) >= 11 is 0. The van der Waals surface area contributed by atoms with Gasteiger partial charge in [-0.15, -0.1) is 6.58 Å². The number of hydrogen-bond acceptors (Lipinski definition) is 2. The summed E-state index contributed by atoms with van der Waals surface area (Å²) in [5.74, 6) is 0. The molecule has 1 unspecified atom stereocenters. The first kappa shape index (κ1) is 14.7. The molecule has 2 aromatic rings. The number of nitrogens with zero attached hydrogens (tertiary/aromatic N) is 1. The van der Waals surface area contributed by atoms with Crippen molar-refractivity contribution in [1.29, 1.82) is 0 Å². The van der Waals surface area contributed by atoms with Crippen LogP contribution in [0.5, 0.6) is 0 Å². The van der Waals surface area contributed by atoms with Crippen LogP contribution in [-0.4, -0.2) is 12.0 Å². The van der Waals surface area contributed by atoms with Gasteiger partial charge >= 0.3 is 0 Å². The summed E-state index contributed by atoms with van der Waals surface area (Å²) in [5, 5.41) is 4.65. The van der Waals surface area contributed by atoms with Gasteiger partial charge in [-0.05, 0) is 50.1 Å². The Morgan fingerprint density at radius 1 is 1.25 bits per heavy atom. The topological polar surface area (TPSA) is 24.9 Å². The molecule has 0 radical (unpaired) electrons. The summed E-state index contributed by atoms with van der Waals surface area (Å²) in [6, 6.07) is 11.1. The Balaban J connectivity index is 1.99. The summed E-state index contributed by atoms with van der Waals surface area (Å²) in [7, 11) is 2.04. The molecule has 2 rings (SSSR count). The first-order valence-electron chi connectivity index (χ1n) is 7.48. The van der Waals surface area contributed by atoms with Crippen LogP contribution >= 0.6 is 0 Å². The highest BCUT2D eigenvalue weighted by atomic mass is 14.9. The second kappa shape index (κ2) is 7.81. The van der Waals surface area contributed by atoms with Crippen LogP contribution in [0.1, 0.15) is 43.7 Å². The smallest absolute Gasteiger partial charge is 0.0702 e. The molecule has 0 fully saturated rings. The van der Waals surface area contributed by atoms with E-state index in [2.05, 4.69) is 41.1 Å². The third kappa shape index (κ3) is 3.91. The Bertz CT molecular complexity index is 548. The maximum absolute atomic E-state index is 4.37. The van der Waals surface area contributed by atoms with E-state index in [9.17, 15) is 0 Å². The second-order valence-electron chi connectivity index (χ2n) is 5.22. The molecular formula is C18H24N2. The first-order chi connectivity index (χ1) is 9.85. The van der Waals surface area contributed by atoms with Crippen LogP contribution in [0.2, 0.25) is 0 Å². The van der Waals surface area contributed by atoms with Gasteiger partial charge in [0, 0.05) is 17.6 Å². The molecular weight excluding hydrogens is 244 g/mol. The first-order valence-corrected chi connectivity index (χ1v) is 7.48. The van der Waals surface area contributed by atoms with E-state index in [0.29, 0.717) is 6.04 Å². The number of allylic oxidation sites excluding steroid dienone is 1. The van der Waals surface area contributed by atoms with Gasteiger partial charge < -0.3 is 5.32 Å². The molecule has 1 atom stereocenters. The van der Waals surface area contributed by atoms with Crippen molar-refractivity contribution < 1.29 is 0 Å². The average Bonchev–Trinajstić information content (AvgIpc) is 2.50. The Morgan fingerprint density at radius 3 is 2.95 bits per heavy atom. The van der Waals surface area contributed by atoms with E-state index in [1.807, 2.05) is 25.4 Å². The number of fused-ring (bicyclic) bond motifs is 1. The lowest BCUT2D eigenvalue weighted by atomic mass is 9.98. The highest BCUT2D eigenvalue weighted by molar-refractivity contribution is 5.79. The molecule has 20 heavy (non-hydrogen) atoms. The zero-order chi connectivity index (χ0) is 14.2. The van der Waals surface area contributed by atoms with E-state index in [0.717, 1.165) is 11.9 Å². The van der Waals surface area contributed by atoms with E-state index in [-0.39, 0.29) is 0 Å². The molecule has 0 aliphatic heterocycles. The van der Waals surface area contributed by atoms with Crippen molar-refractivity contribution >= 4 is 10.9 Å². The quantitative estimate of drug-likeness (QED) is 0.557. The Morgan fingerprint density at radius 2 is 2.15 bits per heavy atom. The molecule has 1 aromatic heterocycles. The van der Waals surface area contributed by atoms with Crippen LogP contribution in [0.3, 0.4) is 0 Å². The minimum Gasteiger partial charge on any atom is -0.313 e. The predicted octanol–water partition coefficient (Wildman–Crippen LogP) is 4.63. The normalized spacial score (nSPS) is 12.4. The summed E-state index contributed by atoms with van der Waals surface area (Å²) in [6.07, 6.45) is 9.94. The number of aromatic nitrogens is 1. The fourth-order valence-corrected chi connectivity index (χ4v) is 2.60. The number of nitrogens with one attached hydrogen (secondary N) is 1. The van der Waals surface area contributed by atoms with Crippen molar-refractivity contribution in [2.45, 2.75) is 38.1 Å². The molecule has 0 amide bonds. The van der Waals surface area contributed by atoms with Crippen LogP contribution < -0.4 is 5.32 Å². The number of pyridine rings is 1. The molecule has 1 aromatic carbocycles. The van der Waals surface area contributed by atoms with Gasteiger partial charge in [0.25, 0.3) is 0 Å². The van der Waals surface area contributed by atoms with Gasteiger partial charge in [-0.2, -0.15) is 0 Å². The standard InChI is InChI=1S/C18H24N2/c1-3-4-5-6-7-10-17(19-2)16-11-12-18-15(14-16)9-8-13-20-18/h3,8-9,11-14,17,19H,1,4-7,10H2,2H3. The third-order valence-electron chi connectivity index (χ3n) is 3.78. The van der Waals surface area contributed by atoms with Gasteiger partial charge in [-0.1, -0.05) is 31.1 Å². The van der Waals surface area contributed by atoms with Crippen molar-refractivity contribution in [3.63, 3.8) is 0 Å². The lowest BCUT2D eigenvalue weighted by molar-refractivity contribution is 0.508. The predicted molar refractivity (Wildman–Crippen MR) is 86.8 cm³/mol. The van der Waals surface area contributed by atoms with Crippen molar-refractivity contribution in [3.8, 4) is 0 Å². The van der Waals surface area contributed by atoms with E-state index in [1.165, 1.54) is 36.6 Å². The number of rotatable bonds is 8. The van der Waals surface area contributed by atoms with E-state index in [4.69, 9.17) is 0 Å². The van der Waals surface area contributed by atoms with E-state index < -0.39 is 0 Å². The molecule has 2 heteroatoms. The summed E-state index contributed by atoms with van der Waals surface area (Å²) in [4.78, 5) is 4.37. The molecule has 106 valence electrons. The minimum absolute atomic E-state index is 0.434. The molecule has 0 spiro atoms. The van der Waals surface area contributed by atoms with Gasteiger partial charge in [0.15, 0.2) is 0 Å². The van der Waals surface area contributed by atoms with Gasteiger partial charge in [0.1, 0.15) is 0 Å². The molecule has 0 saturated carbocycles. The maximum atomic E-state index is 4.37. The Labute approximate surface area is 121 Å². The van der Waals surface area contributed by atoms with Crippen molar-refractivity contribution in [2.75, 3.05) is 7.05 Å². The van der Waals surface area contributed by atoms with Crippen LogP contribution in [0.25, 0.3) is 10.9 Å². The monoisotopic (exact) mass is 268 g/mol. The van der Waals surface area contributed by atoms with Gasteiger partial charge in [0.2, 0.25) is 0 Å². The molecule has 1 N–H and O–H groups in total. The minimum atomic E-state index is 0.434. The lowest BCUT2D eigenvalue weighted by Crippen LogP contribution is -2.16.